The summed E-state index contributed by atoms with van der Waals surface area (Å²) in [5.41, 5.74) is 3.62. The zero-order valence-corrected chi connectivity index (χ0v) is 17.8. The Hall–Kier alpha value is -3.77. The van der Waals surface area contributed by atoms with E-state index in [9.17, 15) is 4.79 Å². The van der Waals surface area contributed by atoms with Crippen molar-refractivity contribution in [2.75, 3.05) is 21.0 Å². The van der Waals surface area contributed by atoms with E-state index in [1.807, 2.05) is 66.7 Å². The van der Waals surface area contributed by atoms with Gasteiger partial charge in [0.05, 0.1) is 12.7 Å². The molecule has 1 unspecified atom stereocenters. The summed E-state index contributed by atoms with van der Waals surface area (Å²) in [6.45, 7) is 0.160. The van der Waals surface area contributed by atoms with Gasteiger partial charge in [0, 0.05) is 24.7 Å². The van der Waals surface area contributed by atoms with Crippen LogP contribution >= 0.6 is 0 Å². The van der Waals surface area contributed by atoms with Crippen LogP contribution in [-0.4, -0.2) is 27.0 Å². The average Bonchev–Trinajstić information content (AvgIpc) is 3.41. The lowest BCUT2D eigenvalue weighted by atomic mass is 9.88. The number of fused-ring (bicyclic) bond motifs is 1. The molecule has 0 N–H and O–H groups in total. The second kappa shape index (κ2) is 8.05. The Morgan fingerprint density at radius 1 is 0.906 bits per heavy atom. The molecule has 2 aliphatic heterocycles. The summed E-state index contributed by atoms with van der Waals surface area (Å²) < 4.78 is 28.2. The second-order valence-corrected chi connectivity index (χ2v) is 7.52. The van der Waals surface area contributed by atoms with Crippen molar-refractivity contribution < 1.29 is 28.5 Å². The Balaban J connectivity index is 1.70. The molecule has 2 aliphatic rings. The molecule has 162 valence electrons. The Morgan fingerprint density at radius 3 is 2.38 bits per heavy atom. The van der Waals surface area contributed by atoms with Crippen LogP contribution in [0.5, 0.6) is 17.2 Å². The molecule has 0 radical (unpaired) electrons. The highest BCUT2D eigenvalue weighted by molar-refractivity contribution is 6.20. The van der Waals surface area contributed by atoms with Gasteiger partial charge >= 0.3 is 5.97 Å². The van der Waals surface area contributed by atoms with Crippen LogP contribution in [0.1, 0.15) is 16.7 Å². The first-order valence-corrected chi connectivity index (χ1v) is 10.2. The zero-order valence-electron chi connectivity index (χ0n) is 17.8. The number of rotatable bonds is 6. The monoisotopic (exact) mass is 430 g/mol. The molecule has 3 aromatic carbocycles. The van der Waals surface area contributed by atoms with Crippen molar-refractivity contribution in [1.82, 2.24) is 0 Å². The molecule has 2 heterocycles. The molecule has 5 rings (SSSR count). The fourth-order valence-corrected chi connectivity index (χ4v) is 4.21. The Morgan fingerprint density at radius 2 is 1.66 bits per heavy atom. The summed E-state index contributed by atoms with van der Waals surface area (Å²) in [7, 11) is 3.15. The highest BCUT2D eigenvalue weighted by Gasteiger charge is 2.50. The maximum absolute atomic E-state index is 13.3. The van der Waals surface area contributed by atoms with Gasteiger partial charge < -0.3 is 23.7 Å². The normalized spacial score (nSPS) is 19.2. The summed E-state index contributed by atoms with van der Waals surface area (Å²) >= 11 is 0. The number of carbonyl (C=O) groups is 1. The third-order valence-corrected chi connectivity index (χ3v) is 5.78. The predicted molar refractivity (Wildman–Crippen MR) is 117 cm³/mol. The van der Waals surface area contributed by atoms with Gasteiger partial charge in [0.2, 0.25) is 6.79 Å². The van der Waals surface area contributed by atoms with Crippen LogP contribution in [0.3, 0.4) is 0 Å². The van der Waals surface area contributed by atoms with E-state index in [1.165, 1.54) is 0 Å². The van der Waals surface area contributed by atoms with Crippen LogP contribution in [0.15, 0.2) is 78.4 Å². The third-order valence-electron chi connectivity index (χ3n) is 5.78. The van der Waals surface area contributed by atoms with Gasteiger partial charge in [-0.2, -0.15) is 0 Å². The van der Waals surface area contributed by atoms with Crippen molar-refractivity contribution in [2.45, 2.75) is 12.2 Å². The molecule has 0 bridgehead atoms. The van der Waals surface area contributed by atoms with E-state index in [0.29, 0.717) is 40.4 Å². The van der Waals surface area contributed by atoms with Crippen LogP contribution in [0.2, 0.25) is 0 Å². The zero-order chi connectivity index (χ0) is 22.1. The first kappa shape index (κ1) is 20.2. The standard InChI is InChI=1S/C26H22O6/c1-28-20-11-9-19(10-12-20)26(29-2)21(14-17-6-4-3-5-7-17)24(25(27)32-26)18-8-13-22-23(15-18)31-16-30-22/h3-13,15H,14,16H2,1-2H3. The van der Waals surface area contributed by atoms with Gasteiger partial charge in [0.1, 0.15) is 5.75 Å². The smallest absolute Gasteiger partial charge is 0.342 e. The largest absolute Gasteiger partial charge is 0.497 e. The van der Waals surface area contributed by atoms with Crippen LogP contribution in [0, 0.1) is 0 Å². The van der Waals surface area contributed by atoms with Gasteiger partial charge in [-0.3, -0.25) is 0 Å². The van der Waals surface area contributed by atoms with E-state index in [0.717, 1.165) is 11.1 Å². The van der Waals surface area contributed by atoms with Crippen LogP contribution in [0.25, 0.3) is 5.57 Å². The minimum Gasteiger partial charge on any atom is -0.497 e. The second-order valence-electron chi connectivity index (χ2n) is 7.52. The van der Waals surface area contributed by atoms with Gasteiger partial charge in [0.15, 0.2) is 11.5 Å². The maximum atomic E-state index is 13.3. The molecule has 0 fully saturated rings. The Kier molecular flexibility index (Phi) is 5.07. The molecule has 0 aliphatic carbocycles. The molecule has 0 amide bonds. The van der Waals surface area contributed by atoms with Gasteiger partial charge in [0.25, 0.3) is 5.79 Å². The van der Waals surface area contributed by atoms with Gasteiger partial charge in [-0.05, 0) is 47.5 Å². The number of methoxy groups -OCH3 is 2. The molecule has 1 atom stereocenters. The minimum atomic E-state index is -1.36. The average molecular weight is 430 g/mol. The summed E-state index contributed by atoms with van der Waals surface area (Å²) in [6, 6.07) is 22.7. The summed E-state index contributed by atoms with van der Waals surface area (Å²) in [5, 5.41) is 0. The first-order valence-electron chi connectivity index (χ1n) is 10.2. The lowest BCUT2D eigenvalue weighted by molar-refractivity contribution is -0.197. The number of hydrogen-bond acceptors (Lipinski definition) is 6. The number of esters is 1. The predicted octanol–water partition coefficient (Wildman–Crippen LogP) is 4.48. The number of hydrogen-bond donors (Lipinski definition) is 0. The molecule has 3 aromatic rings. The van der Waals surface area contributed by atoms with E-state index >= 15 is 0 Å². The van der Waals surface area contributed by atoms with Gasteiger partial charge in [-0.15, -0.1) is 0 Å². The van der Waals surface area contributed by atoms with Crippen molar-refractivity contribution in [3.8, 4) is 17.2 Å². The minimum absolute atomic E-state index is 0.160. The van der Waals surface area contributed by atoms with E-state index in [4.69, 9.17) is 23.7 Å². The molecule has 6 heteroatoms. The topological polar surface area (TPSA) is 63.2 Å². The van der Waals surface area contributed by atoms with Crippen molar-refractivity contribution in [3.05, 3.63) is 95.1 Å². The summed E-state index contributed by atoms with van der Waals surface area (Å²) in [5.74, 6) is 0.145. The molecule has 0 spiro atoms. The quantitative estimate of drug-likeness (QED) is 0.538. The lowest BCUT2D eigenvalue weighted by Crippen LogP contribution is -2.32. The fraction of sp³-hybridized carbons (Fsp3) is 0.192. The highest BCUT2D eigenvalue weighted by Crippen LogP contribution is 2.48. The lowest BCUT2D eigenvalue weighted by Gasteiger charge is -2.30. The van der Waals surface area contributed by atoms with Gasteiger partial charge in [-0.1, -0.05) is 36.4 Å². The van der Waals surface area contributed by atoms with Crippen LogP contribution in [0.4, 0.5) is 0 Å². The first-order chi connectivity index (χ1) is 15.6. The van der Waals surface area contributed by atoms with Crippen LogP contribution in [-0.2, 0) is 26.5 Å². The number of ether oxygens (including phenoxy) is 5. The maximum Gasteiger partial charge on any atom is 0.342 e. The van der Waals surface area contributed by atoms with Gasteiger partial charge in [-0.25, -0.2) is 4.79 Å². The Labute approximate surface area is 185 Å². The molecule has 0 saturated heterocycles. The van der Waals surface area contributed by atoms with E-state index in [1.54, 1.807) is 20.3 Å². The van der Waals surface area contributed by atoms with E-state index < -0.39 is 11.8 Å². The van der Waals surface area contributed by atoms with Crippen LogP contribution < -0.4 is 14.2 Å². The highest BCUT2D eigenvalue weighted by atomic mass is 16.7. The summed E-state index contributed by atoms with van der Waals surface area (Å²) in [6.07, 6.45) is 0.468. The van der Waals surface area contributed by atoms with E-state index in [-0.39, 0.29) is 6.79 Å². The fourth-order valence-electron chi connectivity index (χ4n) is 4.21. The molecule has 6 nitrogen and oxygen atoms in total. The summed E-state index contributed by atoms with van der Waals surface area (Å²) in [4.78, 5) is 13.3. The number of carbonyl (C=O) groups excluding carboxylic acids is 1. The van der Waals surface area contributed by atoms with E-state index in [2.05, 4.69) is 0 Å². The van der Waals surface area contributed by atoms with Crippen molar-refractivity contribution in [2.24, 2.45) is 0 Å². The molecular formula is C26H22O6. The Bertz CT molecular complexity index is 1180. The SMILES string of the molecule is COc1ccc(C2(OC)OC(=O)C(c3ccc4c(c3)OCO4)=C2Cc2ccccc2)cc1. The molecule has 32 heavy (non-hydrogen) atoms. The number of cyclic esters (lactones) is 1. The van der Waals surface area contributed by atoms with Crippen molar-refractivity contribution in [1.29, 1.82) is 0 Å². The molecular weight excluding hydrogens is 408 g/mol. The third kappa shape index (κ3) is 3.29. The van der Waals surface area contributed by atoms with Crippen molar-refractivity contribution in [3.63, 3.8) is 0 Å². The number of benzene rings is 3. The molecule has 0 aromatic heterocycles. The molecule has 0 saturated carbocycles. The van der Waals surface area contributed by atoms with Crippen molar-refractivity contribution >= 4 is 11.5 Å².